The second-order valence-corrected chi connectivity index (χ2v) is 4.20. The lowest BCUT2D eigenvalue weighted by atomic mass is 10.1. The molecule has 1 rings (SSSR count). The number of nitrogens with one attached hydrogen (secondary N) is 1. The van der Waals surface area contributed by atoms with E-state index in [1.807, 2.05) is 0 Å². The highest BCUT2D eigenvalue weighted by atomic mass is 35.5. The van der Waals surface area contributed by atoms with Gasteiger partial charge in [0.1, 0.15) is 5.82 Å². The molecule has 0 aliphatic heterocycles. The first kappa shape index (κ1) is 14.4. The maximum atomic E-state index is 12.8. The van der Waals surface area contributed by atoms with Gasteiger partial charge in [0, 0.05) is 31.6 Å². The predicted octanol–water partition coefficient (Wildman–Crippen LogP) is 1.62. The number of halogens is 2. The van der Waals surface area contributed by atoms with E-state index in [1.165, 1.54) is 12.1 Å². The first-order chi connectivity index (χ1) is 8.13. The number of ether oxygens (including phenoxy) is 1. The third kappa shape index (κ3) is 5.46. The van der Waals surface area contributed by atoms with Gasteiger partial charge in [-0.2, -0.15) is 0 Å². The highest BCUT2D eigenvalue weighted by Crippen LogP contribution is 2.18. The van der Waals surface area contributed by atoms with E-state index in [9.17, 15) is 9.50 Å². The maximum absolute atomic E-state index is 12.8. The smallest absolute Gasteiger partial charge is 0.124 e. The van der Waals surface area contributed by atoms with E-state index in [4.69, 9.17) is 16.3 Å². The largest absolute Gasteiger partial charge is 0.391 e. The minimum absolute atomic E-state index is 0.348. The topological polar surface area (TPSA) is 41.5 Å². The minimum atomic E-state index is -0.546. The van der Waals surface area contributed by atoms with Crippen LogP contribution in [0.1, 0.15) is 5.56 Å². The van der Waals surface area contributed by atoms with Crippen molar-refractivity contribution in [3.8, 4) is 0 Å². The van der Waals surface area contributed by atoms with Crippen molar-refractivity contribution in [2.45, 2.75) is 12.5 Å². The highest BCUT2D eigenvalue weighted by Gasteiger charge is 2.08. The highest BCUT2D eigenvalue weighted by molar-refractivity contribution is 6.31. The summed E-state index contributed by atoms with van der Waals surface area (Å²) < 4.78 is 17.7. The molecular formula is C12H17ClFNO2. The molecule has 1 aromatic carbocycles. The van der Waals surface area contributed by atoms with Crippen molar-refractivity contribution in [2.75, 3.05) is 26.8 Å². The normalized spacial score (nSPS) is 12.7. The molecule has 1 aromatic rings. The summed E-state index contributed by atoms with van der Waals surface area (Å²) >= 11 is 5.87. The van der Waals surface area contributed by atoms with Crippen molar-refractivity contribution in [1.29, 1.82) is 0 Å². The fourth-order valence-electron chi connectivity index (χ4n) is 1.46. The quantitative estimate of drug-likeness (QED) is 0.733. The van der Waals surface area contributed by atoms with Crippen molar-refractivity contribution in [3.05, 3.63) is 34.6 Å². The second kappa shape index (κ2) is 7.61. The van der Waals surface area contributed by atoms with E-state index in [2.05, 4.69) is 5.32 Å². The van der Waals surface area contributed by atoms with Gasteiger partial charge >= 0.3 is 0 Å². The Labute approximate surface area is 106 Å². The molecule has 2 N–H and O–H groups in total. The summed E-state index contributed by atoms with van der Waals surface area (Å²) in [7, 11) is 1.62. The Morgan fingerprint density at radius 2 is 2.29 bits per heavy atom. The lowest BCUT2D eigenvalue weighted by Crippen LogP contribution is -2.30. The molecule has 17 heavy (non-hydrogen) atoms. The molecule has 1 atom stereocenters. The lowest BCUT2D eigenvalue weighted by molar-refractivity contribution is 0.160. The van der Waals surface area contributed by atoms with Gasteiger partial charge in [0.2, 0.25) is 0 Å². The van der Waals surface area contributed by atoms with Crippen LogP contribution in [-0.2, 0) is 11.2 Å². The first-order valence-electron chi connectivity index (χ1n) is 5.45. The van der Waals surface area contributed by atoms with E-state index in [0.717, 1.165) is 5.56 Å². The molecule has 96 valence electrons. The number of aliphatic hydroxyl groups is 1. The van der Waals surface area contributed by atoms with Crippen LogP contribution in [0.15, 0.2) is 18.2 Å². The zero-order chi connectivity index (χ0) is 12.7. The van der Waals surface area contributed by atoms with E-state index >= 15 is 0 Å². The Hall–Kier alpha value is -0.680. The molecule has 0 spiro atoms. The van der Waals surface area contributed by atoms with Gasteiger partial charge in [-0.05, 0) is 17.7 Å². The van der Waals surface area contributed by atoms with Gasteiger partial charge in [-0.3, -0.25) is 0 Å². The van der Waals surface area contributed by atoms with E-state index in [0.29, 0.717) is 31.1 Å². The van der Waals surface area contributed by atoms with Crippen molar-refractivity contribution < 1.29 is 14.2 Å². The number of hydrogen-bond acceptors (Lipinski definition) is 3. The molecule has 0 aliphatic carbocycles. The molecule has 0 bridgehead atoms. The van der Waals surface area contributed by atoms with Gasteiger partial charge in [0.15, 0.2) is 0 Å². The van der Waals surface area contributed by atoms with Crippen molar-refractivity contribution in [1.82, 2.24) is 5.32 Å². The summed E-state index contributed by atoms with van der Waals surface area (Å²) in [5, 5.41) is 13.1. The molecule has 0 saturated carbocycles. The van der Waals surface area contributed by atoms with Gasteiger partial charge < -0.3 is 15.2 Å². The number of aliphatic hydroxyl groups excluding tert-OH is 1. The Bertz CT molecular complexity index is 349. The molecule has 0 aromatic heterocycles. The Morgan fingerprint density at radius 3 is 2.94 bits per heavy atom. The maximum Gasteiger partial charge on any atom is 0.124 e. The molecule has 3 nitrogen and oxygen atoms in total. The fourth-order valence-corrected chi connectivity index (χ4v) is 1.70. The van der Waals surface area contributed by atoms with Crippen LogP contribution >= 0.6 is 11.6 Å². The molecular weight excluding hydrogens is 245 g/mol. The summed E-state index contributed by atoms with van der Waals surface area (Å²) in [4.78, 5) is 0. The summed E-state index contributed by atoms with van der Waals surface area (Å²) in [6.45, 7) is 1.74. The second-order valence-electron chi connectivity index (χ2n) is 3.79. The summed E-state index contributed by atoms with van der Waals surface area (Å²) in [5.41, 5.74) is 0.745. The number of rotatable bonds is 7. The molecule has 0 aliphatic rings. The third-order valence-electron chi connectivity index (χ3n) is 2.33. The lowest BCUT2D eigenvalue weighted by Gasteiger charge is -2.12. The molecule has 0 heterocycles. The average Bonchev–Trinajstić information content (AvgIpc) is 2.28. The van der Waals surface area contributed by atoms with Crippen LogP contribution in [0.4, 0.5) is 4.39 Å². The van der Waals surface area contributed by atoms with Crippen LogP contribution in [0.25, 0.3) is 0 Å². The first-order valence-corrected chi connectivity index (χ1v) is 5.83. The van der Waals surface area contributed by atoms with Crippen LogP contribution < -0.4 is 5.32 Å². The van der Waals surface area contributed by atoms with Gasteiger partial charge in [0.05, 0.1) is 12.7 Å². The fraction of sp³-hybridized carbons (Fsp3) is 0.500. The molecule has 0 radical (unpaired) electrons. The van der Waals surface area contributed by atoms with Crippen LogP contribution in [0.5, 0.6) is 0 Å². The van der Waals surface area contributed by atoms with Crippen LogP contribution in [0, 0.1) is 5.82 Å². The summed E-state index contributed by atoms with van der Waals surface area (Å²) in [5.74, 6) is -0.369. The number of benzene rings is 1. The summed E-state index contributed by atoms with van der Waals surface area (Å²) in [6, 6.07) is 4.18. The molecule has 0 saturated heterocycles. The van der Waals surface area contributed by atoms with Gasteiger partial charge in [0.25, 0.3) is 0 Å². The third-order valence-corrected chi connectivity index (χ3v) is 2.69. The molecule has 1 unspecified atom stereocenters. The van der Waals surface area contributed by atoms with Crippen LogP contribution in [-0.4, -0.2) is 38.0 Å². The zero-order valence-electron chi connectivity index (χ0n) is 9.75. The minimum Gasteiger partial charge on any atom is -0.391 e. The van der Waals surface area contributed by atoms with Gasteiger partial charge in [-0.15, -0.1) is 0 Å². The number of methoxy groups -OCH3 is 1. The van der Waals surface area contributed by atoms with Gasteiger partial charge in [-0.1, -0.05) is 17.7 Å². The summed E-state index contributed by atoms with van der Waals surface area (Å²) in [6.07, 6.45) is -0.145. The average molecular weight is 262 g/mol. The van der Waals surface area contributed by atoms with E-state index in [-0.39, 0.29) is 5.82 Å². The van der Waals surface area contributed by atoms with Crippen LogP contribution in [0.3, 0.4) is 0 Å². The molecule has 5 heteroatoms. The van der Waals surface area contributed by atoms with Crippen molar-refractivity contribution in [2.24, 2.45) is 0 Å². The Morgan fingerprint density at radius 1 is 1.53 bits per heavy atom. The Balaban J connectivity index is 2.37. The molecule has 0 amide bonds. The van der Waals surface area contributed by atoms with E-state index < -0.39 is 6.10 Å². The van der Waals surface area contributed by atoms with Crippen molar-refractivity contribution >= 4 is 11.6 Å². The zero-order valence-corrected chi connectivity index (χ0v) is 10.5. The number of hydrogen-bond donors (Lipinski definition) is 2. The SMILES string of the molecule is COCCNCC(O)Cc1ccc(F)cc1Cl. The van der Waals surface area contributed by atoms with Crippen LogP contribution in [0.2, 0.25) is 5.02 Å². The predicted molar refractivity (Wildman–Crippen MR) is 65.9 cm³/mol. The standard InChI is InChI=1S/C12H17ClFNO2/c1-17-5-4-15-8-11(16)6-9-2-3-10(14)7-12(9)13/h2-3,7,11,15-16H,4-6,8H2,1H3. The van der Waals surface area contributed by atoms with Crippen molar-refractivity contribution in [3.63, 3.8) is 0 Å². The molecule has 0 fully saturated rings. The monoisotopic (exact) mass is 261 g/mol. The van der Waals surface area contributed by atoms with E-state index in [1.54, 1.807) is 13.2 Å². The van der Waals surface area contributed by atoms with Gasteiger partial charge in [-0.25, -0.2) is 4.39 Å². The Kier molecular flexibility index (Phi) is 6.44.